The van der Waals surface area contributed by atoms with Crippen LogP contribution in [0.5, 0.6) is 0 Å². The largest absolute Gasteiger partial charge is 0.444 e. The number of carbonyl (C=O) groups excluding carboxylic acids is 1. The quantitative estimate of drug-likeness (QED) is 0.863. The van der Waals surface area contributed by atoms with Gasteiger partial charge in [0, 0.05) is 12.1 Å². The minimum atomic E-state index is -0.513. The first-order valence-electron chi connectivity index (χ1n) is 8.91. The van der Waals surface area contributed by atoms with Crippen molar-refractivity contribution in [2.45, 2.75) is 64.1 Å². The monoisotopic (exact) mass is 356 g/mol. The number of hydrogen-bond acceptors (Lipinski definition) is 4. The molecule has 2 aromatic rings. The van der Waals surface area contributed by atoms with Crippen LogP contribution >= 0.6 is 0 Å². The van der Waals surface area contributed by atoms with Crippen LogP contribution in [0.15, 0.2) is 23.0 Å². The van der Waals surface area contributed by atoms with E-state index < -0.39 is 11.7 Å². The van der Waals surface area contributed by atoms with Crippen LogP contribution in [0.2, 0.25) is 0 Å². The number of hydrogen-bond donors (Lipinski definition) is 2. The van der Waals surface area contributed by atoms with Gasteiger partial charge in [0.1, 0.15) is 5.60 Å². The highest BCUT2D eigenvalue weighted by molar-refractivity contribution is 5.77. The van der Waals surface area contributed by atoms with E-state index >= 15 is 0 Å². The number of amides is 1. The van der Waals surface area contributed by atoms with Gasteiger partial charge in [0.25, 0.3) is 0 Å². The molecule has 1 aromatic heterocycles. The summed E-state index contributed by atoms with van der Waals surface area (Å²) in [6.07, 6.45) is 2.79. The molecule has 0 unspecified atom stereocenters. The van der Waals surface area contributed by atoms with Crippen LogP contribution in [0.4, 0.5) is 4.79 Å². The molecule has 7 nitrogen and oxygen atoms in total. The summed E-state index contributed by atoms with van der Waals surface area (Å²) in [5.41, 5.74) is 1.36. The zero-order chi connectivity index (χ0) is 18.9. The van der Waals surface area contributed by atoms with Crippen molar-refractivity contribution in [3.63, 3.8) is 0 Å². The maximum absolute atomic E-state index is 12.4. The van der Waals surface area contributed by atoms with Gasteiger partial charge in [-0.15, -0.1) is 0 Å². The minimum Gasteiger partial charge on any atom is -0.444 e. The molecule has 0 bridgehead atoms. The number of rotatable bonds is 2. The van der Waals surface area contributed by atoms with Crippen molar-refractivity contribution in [2.75, 3.05) is 0 Å². The normalized spacial score (nSPS) is 20.5. The zero-order valence-corrected chi connectivity index (χ0v) is 15.3. The predicted molar refractivity (Wildman–Crippen MR) is 97.9 cm³/mol. The number of nitrogens with one attached hydrogen (secondary N) is 2. The Morgan fingerprint density at radius 1 is 1.31 bits per heavy atom. The third-order valence-electron chi connectivity index (χ3n) is 4.63. The molecule has 1 aliphatic rings. The van der Waals surface area contributed by atoms with E-state index in [0.717, 1.165) is 31.2 Å². The Morgan fingerprint density at radius 2 is 2.00 bits per heavy atom. The molecular formula is C19H24N4O3. The lowest BCUT2D eigenvalue weighted by Crippen LogP contribution is -2.41. The number of nitrogens with zero attached hydrogens (tertiary/aromatic N) is 2. The molecule has 1 aliphatic carbocycles. The highest BCUT2D eigenvalue weighted by Gasteiger charge is 2.27. The highest BCUT2D eigenvalue weighted by atomic mass is 16.6. The summed E-state index contributed by atoms with van der Waals surface area (Å²) in [7, 11) is 0. The van der Waals surface area contributed by atoms with Crippen LogP contribution in [0.25, 0.3) is 11.0 Å². The number of nitriles is 1. The van der Waals surface area contributed by atoms with Gasteiger partial charge in [0.2, 0.25) is 0 Å². The van der Waals surface area contributed by atoms with Crippen molar-refractivity contribution < 1.29 is 9.53 Å². The summed E-state index contributed by atoms with van der Waals surface area (Å²) in [6.45, 7) is 5.51. The van der Waals surface area contributed by atoms with Crippen molar-refractivity contribution in [3.8, 4) is 6.07 Å². The van der Waals surface area contributed by atoms with Crippen LogP contribution in [0, 0.1) is 11.3 Å². The van der Waals surface area contributed by atoms with Crippen molar-refractivity contribution >= 4 is 17.1 Å². The average molecular weight is 356 g/mol. The van der Waals surface area contributed by atoms with E-state index in [1.54, 1.807) is 16.7 Å². The maximum Gasteiger partial charge on any atom is 0.407 e. The lowest BCUT2D eigenvalue weighted by atomic mass is 9.91. The summed E-state index contributed by atoms with van der Waals surface area (Å²) in [4.78, 5) is 27.1. The van der Waals surface area contributed by atoms with Crippen molar-refractivity contribution in [1.29, 1.82) is 5.26 Å². The van der Waals surface area contributed by atoms with Gasteiger partial charge in [0.05, 0.1) is 22.7 Å². The second kappa shape index (κ2) is 6.87. The third kappa shape index (κ3) is 3.90. The maximum atomic E-state index is 12.4. The van der Waals surface area contributed by atoms with Crippen LogP contribution in [-0.2, 0) is 4.74 Å². The van der Waals surface area contributed by atoms with E-state index in [1.165, 1.54) is 0 Å². The number of ether oxygens (including phenoxy) is 1. The first-order chi connectivity index (χ1) is 12.3. The second-order valence-corrected chi connectivity index (χ2v) is 7.80. The molecule has 1 aromatic carbocycles. The van der Waals surface area contributed by atoms with Gasteiger partial charge in [-0.2, -0.15) is 5.26 Å². The Morgan fingerprint density at radius 3 is 2.62 bits per heavy atom. The molecule has 3 rings (SSSR count). The smallest absolute Gasteiger partial charge is 0.407 e. The van der Waals surface area contributed by atoms with Crippen LogP contribution in [0.3, 0.4) is 0 Å². The number of carbonyl (C=O) groups is 1. The summed E-state index contributed by atoms with van der Waals surface area (Å²) in [5.74, 6) is 0. The number of fused-ring (bicyclic) bond motifs is 1. The molecule has 7 heteroatoms. The number of imidazole rings is 1. The molecule has 1 saturated carbocycles. The summed E-state index contributed by atoms with van der Waals surface area (Å²) in [5, 5.41) is 11.9. The molecular weight excluding hydrogens is 332 g/mol. The minimum absolute atomic E-state index is 0.0622. The fourth-order valence-electron chi connectivity index (χ4n) is 3.52. The molecule has 1 amide bonds. The van der Waals surface area contributed by atoms with Gasteiger partial charge < -0.3 is 15.0 Å². The van der Waals surface area contributed by atoms with E-state index in [4.69, 9.17) is 10.00 Å². The Kier molecular flexibility index (Phi) is 4.77. The molecule has 0 radical (unpaired) electrons. The van der Waals surface area contributed by atoms with Gasteiger partial charge in [-0.05, 0) is 64.7 Å². The van der Waals surface area contributed by atoms with Gasteiger partial charge in [0.15, 0.2) is 0 Å². The van der Waals surface area contributed by atoms with Crippen molar-refractivity contribution in [3.05, 3.63) is 34.2 Å². The molecule has 0 atom stereocenters. The number of H-pyrrole nitrogens is 1. The van der Waals surface area contributed by atoms with E-state index in [0.29, 0.717) is 11.1 Å². The van der Waals surface area contributed by atoms with Crippen LogP contribution in [0.1, 0.15) is 58.1 Å². The van der Waals surface area contributed by atoms with Gasteiger partial charge >= 0.3 is 11.8 Å². The fourth-order valence-corrected chi connectivity index (χ4v) is 3.52. The number of aromatic nitrogens is 2. The third-order valence-corrected chi connectivity index (χ3v) is 4.63. The molecule has 1 fully saturated rings. The van der Waals surface area contributed by atoms with E-state index in [9.17, 15) is 9.59 Å². The topological polar surface area (TPSA) is 99.9 Å². The predicted octanol–water partition coefficient (Wildman–Crippen LogP) is 3.21. The van der Waals surface area contributed by atoms with E-state index in [2.05, 4.69) is 16.4 Å². The molecule has 1 heterocycles. The standard InChI is InChI=1S/C19H24N4O3/c1-19(2,3)26-18(25)21-13-5-7-14(8-6-13)23-16-9-4-12(11-20)10-15(16)22-17(23)24/h4,9-10,13-14H,5-8H2,1-3H3,(H,21,25)(H,22,24). The number of aromatic amines is 1. The average Bonchev–Trinajstić information content (AvgIpc) is 2.88. The molecule has 0 aliphatic heterocycles. The summed E-state index contributed by atoms with van der Waals surface area (Å²) in [6, 6.07) is 7.47. The fraction of sp³-hybridized carbons (Fsp3) is 0.526. The number of benzene rings is 1. The van der Waals surface area contributed by atoms with E-state index in [1.807, 2.05) is 26.8 Å². The van der Waals surface area contributed by atoms with Crippen molar-refractivity contribution in [1.82, 2.24) is 14.9 Å². The molecule has 2 N–H and O–H groups in total. The summed E-state index contributed by atoms with van der Waals surface area (Å²) < 4.78 is 7.08. The molecule has 0 spiro atoms. The number of alkyl carbamates (subject to hydrolysis) is 1. The molecule has 26 heavy (non-hydrogen) atoms. The molecule has 138 valence electrons. The van der Waals surface area contributed by atoms with Crippen LogP contribution in [-0.4, -0.2) is 27.3 Å². The lowest BCUT2D eigenvalue weighted by molar-refractivity contribution is 0.0488. The Balaban J connectivity index is 1.68. The van der Waals surface area contributed by atoms with Gasteiger partial charge in [-0.25, -0.2) is 9.59 Å². The van der Waals surface area contributed by atoms with Crippen molar-refractivity contribution in [2.24, 2.45) is 0 Å². The Hall–Kier alpha value is -2.75. The van der Waals surface area contributed by atoms with Gasteiger partial charge in [-0.1, -0.05) is 0 Å². The SMILES string of the molecule is CC(C)(C)OC(=O)NC1CCC(n2c(=O)[nH]c3cc(C#N)ccc32)CC1. The van der Waals surface area contributed by atoms with E-state index in [-0.39, 0.29) is 17.8 Å². The van der Waals surface area contributed by atoms with Gasteiger partial charge in [-0.3, -0.25) is 4.57 Å². The lowest BCUT2D eigenvalue weighted by Gasteiger charge is -2.30. The summed E-state index contributed by atoms with van der Waals surface area (Å²) >= 11 is 0. The first kappa shape index (κ1) is 18.1. The second-order valence-electron chi connectivity index (χ2n) is 7.80. The zero-order valence-electron chi connectivity index (χ0n) is 15.3. The Labute approximate surface area is 152 Å². The molecule has 0 saturated heterocycles. The highest BCUT2D eigenvalue weighted by Crippen LogP contribution is 2.30. The Bertz CT molecular complexity index is 905. The first-order valence-corrected chi connectivity index (χ1v) is 8.91. The van der Waals surface area contributed by atoms with Crippen LogP contribution < -0.4 is 11.0 Å².